The van der Waals surface area contributed by atoms with Gasteiger partial charge in [-0.25, -0.2) is 4.39 Å². The lowest BCUT2D eigenvalue weighted by Crippen LogP contribution is -2.44. The second kappa shape index (κ2) is 9.12. The van der Waals surface area contributed by atoms with Gasteiger partial charge in [0.25, 0.3) is 5.91 Å². The van der Waals surface area contributed by atoms with Crippen LogP contribution in [0.25, 0.3) is 0 Å². The summed E-state index contributed by atoms with van der Waals surface area (Å²) in [5.41, 5.74) is 2.44. The van der Waals surface area contributed by atoms with Gasteiger partial charge in [0.1, 0.15) is 5.82 Å². The maximum atomic E-state index is 13.4. The van der Waals surface area contributed by atoms with E-state index in [1.807, 2.05) is 19.1 Å². The number of nitrogens with one attached hydrogen (secondary N) is 1. The number of nitrogens with zero attached hydrogens (tertiary/aromatic N) is 2. The molecule has 2 amide bonds. The second-order valence-corrected chi connectivity index (χ2v) is 7.74. The first-order valence-corrected chi connectivity index (χ1v) is 10.3. The normalized spacial score (nSPS) is 15.5. The molecule has 160 valence electrons. The minimum absolute atomic E-state index is 0.0931. The Morgan fingerprint density at radius 3 is 2.52 bits per heavy atom. The predicted molar refractivity (Wildman–Crippen MR) is 113 cm³/mol. The van der Waals surface area contributed by atoms with Crippen LogP contribution < -0.4 is 5.32 Å². The van der Waals surface area contributed by atoms with Gasteiger partial charge in [-0.2, -0.15) is 0 Å². The third-order valence-corrected chi connectivity index (χ3v) is 5.70. The first-order chi connectivity index (χ1) is 15.0. The van der Waals surface area contributed by atoms with E-state index in [9.17, 15) is 14.0 Å². The monoisotopic (exact) mass is 421 g/mol. The highest BCUT2D eigenvalue weighted by Gasteiger charge is 2.30. The Labute approximate surface area is 180 Å². The van der Waals surface area contributed by atoms with Crippen LogP contribution in [0, 0.1) is 18.7 Å². The number of hydrogen-bond acceptors (Lipinski definition) is 4. The Balaban J connectivity index is 1.46. The molecule has 1 aromatic carbocycles. The summed E-state index contributed by atoms with van der Waals surface area (Å²) in [5.74, 6) is -0.487. The molecule has 3 heterocycles. The van der Waals surface area contributed by atoms with E-state index in [2.05, 4.69) is 10.3 Å². The van der Waals surface area contributed by atoms with Crippen molar-refractivity contribution >= 4 is 11.8 Å². The number of likely N-dealkylation sites (tertiary alicyclic amines) is 1. The lowest BCUT2D eigenvalue weighted by atomic mass is 9.93. The smallest absolute Gasteiger partial charge is 0.289 e. The average Bonchev–Trinajstić information content (AvgIpc) is 3.33. The Morgan fingerprint density at radius 1 is 1.13 bits per heavy atom. The number of pyridine rings is 1. The van der Waals surface area contributed by atoms with Gasteiger partial charge in [-0.1, -0.05) is 18.2 Å². The maximum Gasteiger partial charge on any atom is 0.289 e. The van der Waals surface area contributed by atoms with Crippen molar-refractivity contribution in [3.8, 4) is 0 Å². The molecule has 0 saturated carbocycles. The molecule has 7 heteroatoms. The van der Waals surface area contributed by atoms with Crippen LogP contribution in [-0.4, -0.2) is 34.8 Å². The number of furan rings is 1. The topological polar surface area (TPSA) is 75.4 Å². The summed E-state index contributed by atoms with van der Waals surface area (Å²) in [7, 11) is 0. The van der Waals surface area contributed by atoms with Crippen molar-refractivity contribution in [3.05, 3.63) is 89.4 Å². The summed E-state index contributed by atoms with van der Waals surface area (Å²) >= 11 is 0. The molecule has 0 aliphatic carbocycles. The zero-order valence-corrected chi connectivity index (χ0v) is 17.3. The van der Waals surface area contributed by atoms with E-state index in [0.717, 1.165) is 16.8 Å². The minimum Gasteiger partial charge on any atom is -0.459 e. The van der Waals surface area contributed by atoms with Gasteiger partial charge < -0.3 is 14.6 Å². The highest BCUT2D eigenvalue weighted by molar-refractivity contribution is 5.91. The first kappa shape index (κ1) is 20.8. The molecule has 2 aromatic heterocycles. The van der Waals surface area contributed by atoms with Crippen LogP contribution in [0.3, 0.4) is 0 Å². The van der Waals surface area contributed by atoms with Crippen LogP contribution in [0.1, 0.15) is 46.3 Å². The highest BCUT2D eigenvalue weighted by Crippen LogP contribution is 2.26. The fourth-order valence-corrected chi connectivity index (χ4v) is 3.93. The van der Waals surface area contributed by atoms with E-state index in [1.54, 1.807) is 35.4 Å². The van der Waals surface area contributed by atoms with Crippen molar-refractivity contribution in [1.29, 1.82) is 0 Å². The number of halogens is 1. The van der Waals surface area contributed by atoms with Gasteiger partial charge in [-0.3, -0.25) is 14.6 Å². The summed E-state index contributed by atoms with van der Waals surface area (Å²) < 4.78 is 18.6. The zero-order valence-electron chi connectivity index (χ0n) is 17.3. The summed E-state index contributed by atoms with van der Waals surface area (Å²) in [4.78, 5) is 31.7. The lowest BCUT2D eigenvalue weighted by Gasteiger charge is -2.32. The number of hydrogen-bond donors (Lipinski definition) is 1. The van der Waals surface area contributed by atoms with E-state index < -0.39 is 6.04 Å². The molecule has 1 N–H and O–H groups in total. The van der Waals surface area contributed by atoms with Crippen LogP contribution in [0.2, 0.25) is 0 Å². The summed E-state index contributed by atoms with van der Waals surface area (Å²) in [6, 6.07) is 12.7. The Hall–Kier alpha value is -3.48. The van der Waals surface area contributed by atoms with Gasteiger partial charge >= 0.3 is 0 Å². The van der Waals surface area contributed by atoms with Crippen molar-refractivity contribution in [2.45, 2.75) is 25.8 Å². The number of amides is 2. The average molecular weight is 421 g/mol. The number of aromatic nitrogens is 1. The van der Waals surface area contributed by atoms with Crippen LogP contribution >= 0.6 is 0 Å². The third-order valence-electron chi connectivity index (χ3n) is 5.70. The molecule has 6 nitrogen and oxygen atoms in total. The first-order valence-electron chi connectivity index (χ1n) is 10.3. The molecular formula is C24H24FN3O3. The van der Waals surface area contributed by atoms with Gasteiger partial charge in [0, 0.05) is 25.2 Å². The van der Waals surface area contributed by atoms with Crippen LogP contribution in [0.4, 0.5) is 4.39 Å². The Morgan fingerprint density at radius 2 is 1.87 bits per heavy atom. The Bertz CT molecular complexity index is 1040. The molecule has 1 saturated heterocycles. The van der Waals surface area contributed by atoms with Crippen LogP contribution in [-0.2, 0) is 4.79 Å². The molecule has 1 atom stereocenters. The SMILES string of the molecule is Cc1cccnc1C(NC(=O)C1CCN(C(=O)c2ccco2)CC1)c1ccc(F)cc1. The van der Waals surface area contributed by atoms with Gasteiger partial charge in [-0.15, -0.1) is 0 Å². The molecule has 0 spiro atoms. The number of carbonyl (C=O) groups is 2. The molecule has 4 rings (SSSR count). The van der Waals surface area contributed by atoms with Gasteiger partial charge in [-0.05, 0) is 61.2 Å². The quantitative estimate of drug-likeness (QED) is 0.678. The van der Waals surface area contributed by atoms with Crippen molar-refractivity contribution < 1.29 is 18.4 Å². The maximum absolute atomic E-state index is 13.4. The fourth-order valence-electron chi connectivity index (χ4n) is 3.93. The van der Waals surface area contributed by atoms with Gasteiger partial charge in [0.05, 0.1) is 18.0 Å². The number of aryl methyl sites for hydroxylation is 1. The standard InChI is InChI=1S/C24H24FN3O3/c1-16-4-2-12-26-21(16)22(17-6-8-19(25)9-7-17)27-23(29)18-10-13-28(14-11-18)24(30)20-5-3-15-31-20/h2-9,12,15,18,22H,10-11,13-14H2,1H3,(H,27,29). The van der Waals surface area contributed by atoms with Gasteiger partial charge in [0.2, 0.25) is 5.91 Å². The Kier molecular flexibility index (Phi) is 6.11. The number of benzene rings is 1. The number of rotatable bonds is 5. The van der Waals surface area contributed by atoms with E-state index >= 15 is 0 Å². The molecule has 1 fully saturated rings. The van der Waals surface area contributed by atoms with E-state index in [-0.39, 0.29) is 23.5 Å². The fraction of sp³-hybridized carbons (Fsp3) is 0.292. The second-order valence-electron chi connectivity index (χ2n) is 7.74. The summed E-state index contributed by atoms with van der Waals surface area (Å²) in [5, 5.41) is 3.11. The molecule has 0 radical (unpaired) electrons. The molecule has 1 unspecified atom stereocenters. The highest BCUT2D eigenvalue weighted by atomic mass is 19.1. The van der Waals surface area contributed by atoms with Crippen molar-refractivity contribution in [2.24, 2.45) is 5.92 Å². The van der Waals surface area contributed by atoms with Crippen molar-refractivity contribution in [2.75, 3.05) is 13.1 Å². The molecule has 1 aliphatic rings. The van der Waals surface area contributed by atoms with Crippen molar-refractivity contribution in [3.63, 3.8) is 0 Å². The van der Waals surface area contributed by atoms with Crippen LogP contribution in [0.15, 0.2) is 65.4 Å². The van der Waals surface area contributed by atoms with Crippen molar-refractivity contribution in [1.82, 2.24) is 15.2 Å². The van der Waals surface area contributed by atoms with Crippen LogP contribution in [0.5, 0.6) is 0 Å². The van der Waals surface area contributed by atoms with E-state index in [0.29, 0.717) is 31.7 Å². The number of piperidine rings is 1. The van der Waals surface area contributed by atoms with E-state index in [1.165, 1.54) is 18.4 Å². The summed E-state index contributed by atoms with van der Waals surface area (Å²) in [6.07, 6.45) is 4.29. The number of carbonyl (C=O) groups excluding carboxylic acids is 2. The molecule has 0 bridgehead atoms. The molecule has 1 aliphatic heterocycles. The molecule has 3 aromatic rings. The molecular weight excluding hydrogens is 397 g/mol. The minimum atomic E-state index is -0.475. The lowest BCUT2D eigenvalue weighted by molar-refractivity contribution is -0.126. The predicted octanol–water partition coefficient (Wildman–Crippen LogP) is 3.88. The van der Waals surface area contributed by atoms with E-state index in [4.69, 9.17) is 4.42 Å². The largest absolute Gasteiger partial charge is 0.459 e. The zero-order chi connectivity index (χ0) is 21.8. The third kappa shape index (κ3) is 4.66. The van der Waals surface area contributed by atoms with Gasteiger partial charge in [0.15, 0.2) is 5.76 Å². The molecule has 31 heavy (non-hydrogen) atoms. The summed E-state index contributed by atoms with van der Waals surface area (Å²) in [6.45, 7) is 2.91.